The van der Waals surface area contributed by atoms with Gasteiger partial charge in [-0.15, -0.1) is 0 Å². The lowest BCUT2D eigenvalue weighted by molar-refractivity contribution is -0.138. The summed E-state index contributed by atoms with van der Waals surface area (Å²) in [7, 11) is 0. The number of carboxylic acid groups (broad SMARTS) is 1. The first-order chi connectivity index (χ1) is 8.85. The Hall–Kier alpha value is -1.10. The smallest absolute Gasteiger partial charge is 0.303 e. The molecule has 0 aliphatic rings. The fraction of sp³-hybridized carbons (Fsp3) is 0.857. The van der Waals surface area contributed by atoms with Gasteiger partial charge in [-0.05, 0) is 24.7 Å². The van der Waals surface area contributed by atoms with E-state index in [1.165, 1.54) is 0 Å². The lowest BCUT2D eigenvalue weighted by Gasteiger charge is -2.18. The minimum Gasteiger partial charge on any atom is -0.481 e. The highest BCUT2D eigenvalue weighted by Gasteiger charge is 2.16. The molecule has 0 rings (SSSR count). The maximum absolute atomic E-state index is 11.7. The number of nitrogens with two attached hydrogens (primary N) is 1. The van der Waals surface area contributed by atoms with E-state index in [1.54, 1.807) is 0 Å². The van der Waals surface area contributed by atoms with Crippen LogP contribution in [-0.2, 0) is 9.59 Å². The van der Waals surface area contributed by atoms with Crippen molar-refractivity contribution in [1.82, 2.24) is 5.32 Å². The number of carbonyl (C=O) groups is 2. The van der Waals surface area contributed by atoms with Crippen LogP contribution in [0.4, 0.5) is 0 Å². The summed E-state index contributed by atoms with van der Waals surface area (Å²) in [5.74, 6) is -0.491. The summed E-state index contributed by atoms with van der Waals surface area (Å²) in [5.41, 5.74) is 5.80. The van der Waals surface area contributed by atoms with Crippen molar-refractivity contribution in [2.45, 2.75) is 58.9 Å². The molecule has 0 saturated carbocycles. The quantitative estimate of drug-likeness (QED) is 0.565. The van der Waals surface area contributed by atoms with E-state index < -0.39 is 5.97 Å². The van der Waals surface area contributed by atoms with Crippen molar-refractivity contribution in [3.8, 4) is 0 Å². The third kappa shape index (κ3) is 10.5. The van der Waals surface area contributed by atoms with Crippen molar-refractivity contribution in [1.29, 1.82) is 0 Å². The maximum atomic E-state index is 11.7. The van der Waals surface area contributed by atoms with E-state index in [4.69, 9.17) is 10.8 Å². The summed E-state index contributed by atoms with van der Waals surface area (Å²) in [4.78, 5) is 22.4. The number of nitrogens with one attached hydrogen (secondary N) is 1. The molecular weight excluding hydrogens is 244 g/mol. The number of carboxylic acids is 1. The number of rotatable bonds is 10. The van der Waals surface area contributed by atoms with E-state index in [9.17, 15) is 9.59 Å². The molecule has 0 aromatic heterocycles. The number of hydrogen-bond acceptors (Lipinski definition) is 3. The van der Waals surface area contributed by atoms with Crippen LogP contribution in [-0.4, -0.2) is 29.6 Å². The van der Waals surface area contributed by atoms with E-state index in [-0.39, 0.29) is 24.3 Å². The van der Waals surface area contributed by atoms with Gasteiger partial charge < -0.3 is 16.2 Å². The molecule has 0 aromatic rings. The molecule has 0 aliphatic carbocycles. The lowest BCUT2D eigenvalue weighted by Crippen LogP contribution is -2.35. The Labute approximate surface area is 115 Å². The fourth-order valence-corrected chi connectivity index (χ4v) is 2.19. The van der Waals surface area contributed by atoms with Gasteiger partial charge in [0.15, 0.2) is 0 Å². The molecular formula is C14H28N2O3. The number of hydrogen-bond donors (Lipinski definition) is 3. The van der Waals surface area contributed by atoms with Gasteiger partial charge in [-0.2, -0.15) is 0 Å². The Morgan fingerprint density at radius 3 is 2.37 bits per heavy atom. The highest BCUT2D eigenvalue weighted by atomic mass is 16.4. The molecule has 1 amide bonds. The van der Waals surface area contributed by atoms with Crippen molar-refractivity contribution in [3.05, 3.63) is 0 Å². The Balaban J connectivity index is 4.08. The van der Waals surface area contributed by atoms with Crippen molar-refractivity contribution < 1.29 is 14.7 Å². The average molecular weight is 272 g/mol. The summed E-state index contributed by atoms with van der Waals surface area (Å²) in [6, 6.07) is -0.104. The minimum absolute atomic E-state index is 0.0103. The van der Waals surface area contributed by atoms with Crippen LogP contribution in [0.15, 0.2) is 0 Å². The molecule has 0 aromatic carbocycles. The topological polar surface area (TPSA) is 92.4 Å². The fourth-order valence-electron chi connectivity index (χ4n) is 2.19. The first kappa shape index (κ1) is 17.9. The second-order valence-corrected chi connectivity index (χ2v) is 5.65. The summed E-state index contributed by atoms with van der Waals surface area (Å²) < 4.78 is 0. The normalized spacial score (nSPS) is 14.2. The third-order valence-electron chi connectivity index (χ3n) is 2.96. The van der Waals surface area contributed by atoms with Crippen LogP contribution in [0.2, 0.25) is 0 Å². The Bertz CT molecular complexity index is 280. The number of aliphatic carboxylic acids is 1. The third-order valence-corrected chi connectivity index (χ3v) is 2.96. The highest BCUT2D eigenvalue weighted by molar-refractivity contribution is 5.76. The van der Waals surface area contributed by atoms with Gasteiger partial charge in [-0.25, -0.2) is 0 Å². The van der Waals surface area contributed by atoms with Gasteiger partial charge in [0.05, 0.1) is 0 Å². The molecule has 4 N–H and O–H groups in total. The van der Waals surface area contributed by atoms with Crippen molar-refractivity contribution in [2.75, 3.05) is 6.54 Å². The van der Waals surface area contributed by atoms with Crippen LogP contribution in [0.1, 0.15) is 52.9 Å². The monoisotopic (exact) mass is 272 g/mol. The molecule has 19 heavy (non-hydrogen) atoms. The summed E-state index contributed by atoms with van der Waals surface area (Å²) >= 11 is 0. The van der Waals surface area contributed by atoms with Crippen molar-refractivity contribution >= 4 is 11.9 Å². The summed E-state index contributed by atoms with van der Waals surface area (Å²) in [6.07, 6.45) is 3.00. The molecule has 0 heterocycles. The molecule has 112 valence electrons. The van der Waals surface area contributed by atoms with Crippen LogP contribution in [0.5, 0.6) is 0 Å². The van der Waals surface area contributed by atoms with Crippen molar-refractivity contribution in [2.24, 2.45) is 17.6 Å². The van der Waals surface area contributed by atoms with Gasteiger partial charge in [-0.1, -0.05) is 27.2 Å². The van der Waals surface area contributed by atoms with E-state index in [0.29, 0.717) is 18.9 Å². The van der Waals surface area contributed by atoms with Crippen molar-refractivity contribution in [3.63, 3.8) is 0 Å². The first-order valence-electron chi connectivity index (χ1n) is 7.09. The zero-order valence-electron chi connectivity index (χ0n) is 12.3. The van der Waals surface area contributed by atoms with Gasteiger partial charge in [0.1, 0.15) is 0 Å². The van der Waals surface area contributed by atoms with Gasteiger partial charge in [0.2, 0.25) is 5.91 Å². The largest absolute Gasteiger partial charge is 0.481 e. The molecule has 0 bridgehead atoms. The molecule has 0 aliphatic heterocycles. The number of carbonyl (C=O) groups excluding carboxylic acids is 1. The van der Waals surface area contributed by atoms with Crippen LogP contribution in [0.3, 0.4) is 0 Å². The second kappa shape index (κ2) is 9.78. The van der Waals surface area contributed by atoms with Crippen LogP contribution in [0, 0.1) is 11.8 Å². The lowest BCUT2D eigenvalue weighted by atomic mass is 9.94. The molecule has 5 heteroatoms. The van der Waals surface area contributed by atoms with Gasteiger partial charge in [0, 0.05) is 25.4 Å². The standard InChI is InChI=1S/C14H28N2O3/c1-4-5-12(15)8-13(17)16-9-11(6-10(2)3)7-14(18)19/h10-12H,4-9,15H2,1-3H3,(H,16,17)(H,18,19). The Morgan fingerprint density at radius 1 is 1.26 bits per heavy atom. The van der Waals surface area contributed by atoms with E-state index >= 15 is 0 Å². The summed E-state index contributed by atoms with van der Waals surface area (Å²) in [6.45, 7) is 6.55. The zero-order valence-corrected chi connectivity index (χ0v) is 12.3. The zero-order chi connectivity index (χ0) is 14.8. The molecule has 2 unspecified atom stereocenters. The van der Waals surface area contributed by atoms with E-state index in [1.807, 2.05) is 20.8 Å². The Kier molecular flexibility index (Phi) is 9.21. The average Bonchev–Trinajstić information content (AvgIpc) is 2.24. The number of amides is 1. The highest BCUT2D eigenvalue weighted by Crippen LogP contribution is 2.14. The van der Waals surface area contributed by atoms with Crippen LogP contribution in [0.25, 0.3) is 0 Å². The molecule has 5 nitrogen and oxygen atoms in total. The molecule has 0 fully saturated rings. The van der Waals surface area contributed by atoms with Crippen LogP contribution < -0.4 is 11.1 Å². The predicted molar refractivity (Wildman–Crippen MR) is 75.7 cm³/mol. The van der Waals surface area contributed by atoms with Crippen LogP contribution >= 0.6 is 0 Å². The predicted octanol–water partition coefficient (Wildman–Crippen LogP) is 1.76. The Morgan fingerprint density at radius 2 is 1.89 bits per heavy atom. The second-order valence-electron chi connectivity index (χ2n) is 5.65. The van der Waals surface area contributed by atoms with E-state index in [0.717, 1.165) is 19.3 Å². The molecule has 2 atom stereocenters. The van der Waals surface area contributed by atoms with E-state index in [2.05, 4.69) is 5.32 Å². The SMILES string of the molecule is CCCC(N)CC(=O)NCC(CC(=O)O)CC(C)C. The maximum Gasteiger partial charge on any atom is 0.303 e. The first-order valence-corrected chi connectivity index (χ1v) is 7.09. The van der Waals surface area contributed by atoms with Gasteiger partial charge >= 0.3 is 5.97 Å². The minimum atomic E-state index is -0.817. The van der Waals surface area contributed by atoms with Gasteiger partial charge in [-0.3, -0.25) is 9.59 Å². The van der Waals surface area contributed by atoms with Gasteiger partial charge in [0.25, 0.3) is 0 Å². The molecule has 0 radical (unpaired) electrons. The molecule has 0 spiro atoms. The summed E-state index contributed by atoms with van der Waals surface area (Å²) in [5, 5.41) is 11.6. The molecule has 0 saturated heterocycles.